The average Bonchev–Trinajstić information content (AvgIpc) is 3.38. The molecule has 7 heteroatoms. The summed E-state index contributed by atoms with van der Waals surface area (Å²) in [4.78, 5) is 25.8. The van der Waals surface area contributed by atoms with Crippen molar-refractivity contribution >= 4 is 11.9 Å². The largest absolute Gasteiger partial charge is 0.480 e. The van der Waals surface area contributed by atoms with Crippen LogP contribution in [-0.2, 0) is 9.59 Å². The van der Waals surface area contributed by atoms with Crippen LogP contribution in [0.15, 0.2) is 0 Å². The van der Waals surface area contributed by atoms with Crippen molar-refractivity contribution in [3.8, 4) is 0 Å². The zero-order valence-electron chi connectivity index (χ0n) is 22.3. The molecule has 204 valence electrons. The molecule has 12 atom stereocenters. The van der Waals surface area contributed by atoms with Gasteiger partial charge in [0.1, 0.15) is 6.04 Å². The van der Waals surface area contributed by atoms with E-state index in [0.29, 0.717) is 41.9 Å². The van der Waals surface area contributed by atoms with Gasteiger partial charge in [-0.2, -0.15) is 0 Å². The number of aliphatic carboxylic acids is 1. The third-order valence-corrected chi connectivity index (χ3v) is 12.1. The molecule has 7 nitrogen and oxygen atoms in total. The number of likely N-dealkylation sites (tertiary alicyclic amines) is 1. The van der Waals surface area contributed by atoms with Crippen LogP contribution in [-0.4, -0.2) is 68.1 Å². The lowest BCUT2D eigenvalue weighted by Crippen LogP contribution is -2.58. The third-order valence-electron chi connectivity index (χ3n) is 12.1. The molecule has 0 spiro atoms. The Labute approximate surface area is 215 Å². The topological polar surface area (TPSA) is 118 Å². The van der Waals surface area contributed by atoms with E-state index in [9.17, 15) is 30.0 Å². The third kappa shape index (κ3) is 4.21. The number of carboxylic acids is 1. The zero-order valence-corrected chi connectivity index (χ0v) is 22.3. The fourth-order valence-corrected chi connectivity index (χ4v) is 10.2. The second-order valence-electron chi connectivity index (χ2n) is 13.8. The number of aliphatic hydroxyl groups excluding tert-OH is 3. The fourth-order valence-electron chi connectivity index (χ4n) is 10.2. The van der Waals surface area contributed by atoms with E-state index in [1.807, 2.05) is 0 Å². The number of carbonyl (C=O) groups excluding carboxylic acids is 1. The van der Waals surface area contributed by atoms with Crippen LogP contribution < -0.4 is 0 Å². The predicted molar refractivity (Wildman–Crippen MR) is 135 cm³/mol. The lowest BCUT2D eigenvalue weighted by Gasteiger charge is -2.62. The first-order valence-corrected chi connectivity index (χ1v) is 14.5. The Balaban J connectivity index is 1.25. The van der Waals surface area contributed by atoms with E-state index >= 15 is 0 Å². The van der Waals surface area contributed by atoms with Crippen LogP contribution in [0.3, 0.4) is 0 Å². The Morgan fingerprint density at radius 1 is 0.917 bits per heavy atom. The molecule has 1 heterocycles. The fraction of sp³-hybridized carbons (Fsp3) is 0.931. The van der Waals surface area contributed by atoms with Crippen LogP contribution in [0.4, 0.5) is 0 Å². The molecule has 0 aromatic carbocycles. The maximum Gasteiger partial charge on any atom is 0.326 e. The average molecular weight is 506 g/mol. The van der Waals surface area contributed by atoms with Crippen molar-refractivity contribution < 1.29 is 30.0 Å². The lowest BCUT2D eigenvalue weighted by atomic mass is 9.43. The van der Waals surface area contributed by atoms with Crippen LogP contribution >= 0.6 is 0 Å². The summed E-state index contributed by atoms with van der Waals surface area (Å²) in [5.41, 5.74) is 0.386. The van der Waals surface area contributed by atoms with E-state index in [0.717, 1.165) is 51.4 Å². The first-order chi connectivity index (χ1) is 17.0. The van der Waals surface area contributed by atoms with Gasteiger partial charge in [-0.3, -0.25) is 4.79 Å². The highest BCUT2D eigenvalue weighted by molar-refractivity contribution is 5.84. The van der Waals surface area contributed by atoms with Crippen molar-refractivity contribution in [1.82, 2.24) is 4.90 Å². The van der Waals surface area contributed by atoms with Crippen molar-refractivity contribution in [3.05, 3.63) is 0 Å². The quantitative estimate of drug-likeness (QED) is 0.455. The molecule has 0 aromatic heterocycles. The van der Waals surface area contributed by atoms with E-state index in [4.69, 9.17) is 0 Å². The molecule has 0 bridgehead atoms. The summed E-state index contributed by atoms with van der Waals surface area (Å²) in [5, 5.41) is 41.1. The molecule has 5 fully saturated rings. The zero-order chi connectivity index (χ0) is 26.0. The number of nitrogens with zero attached hydrogens (tertiary/aromatic N) is 1. The smallest absolute Gasteiger partial charge is 0.326 e. The molecular weight excluding hydrogens is 458 g/mol. The summed E-state index contributed by atoms with van der Waals surface area (Å²) < 4.78 is 0. The standard InChI is InChI=1S/C29H47NO6/c1-16(4-7-25(34)30-15-19(32)14-23(30)27(35)36)20-5-6-21-26-22(9-11-29(20,21)3)28(2)10-8-18(31)12-17(28)13-24(26)33/h16-24,26,31-33H,4-15H2,1-3H3,(H,35,36)/t16-,17+,18-,19+,20-,21+,22+,23-,24+,26+,28+,29-/m1/s1. The highest BCUT2D eigenvalue weighted by atomic mass is 16.4. The summed E-state index contributed by atoms with van der Waals surface area (Å²) in [6.07, 6.45) is 8.12. The van der Waals surface area contributed by atoms with Crippen LogP contribution in [0.25, 0.3) is 0 Å². The van der Waals surface area contributed by atoms with Crippen molar-refractivity contribution in [3.63, 3.8) is 0 Å². The van der Waals surface area contributed by atoms with Gasteiger partial charge in [-0.25, -0.2) is 4.79 Å². The van der Waals surface area contributed by atoms with Gasteiger partial charge in [0.2, 0.25) is 5.91 Å². The molecule has 4 saturated carbocycles. The molecule has 1 aliphatic heterocycles. The van der Waals surface area contributed by atoms with Gasteiger partial charge in [0, 0.05) is 19.4 Å². The minimum atomic E-state index is -1.04. The van der Waals surface area contributed by atoms with Gasteiger partial charge in [0.15, 0.2) is 0 Å². The summed E-state index contributed by atoms with van der Waals surface area (Å²) in [6.45, 7) is 7.25. The lowest BCUT2D eigenvalue weighted by molar-refractivity contribution is -0.174. The molecule has 4 aliphatic carbocycles. The van der Waals surface area contributed by atoms with Gasteiger partial charge in [-0.05, 0) is 104 Å². The van der Waals surface area contributed by atoms with Crippen LogP contribution in [0.5, 0.6) is 0 Å². The molecular formula is C29H47NO6. The number of amides is 1. The van der Waals surface area contributed by atoms with Gasteiger partial charge in [-0.15, -0.1) is 0 Å². The van der Waals surface area contributed by atoms with E-state index in [1.54, 1.807) is 0 Å². The number of carbonyl (C=O) groups is 2. The normalized spacial score (nSPS) is 49.2. The SMILES string of the molecule is C[C@H](CCC(=O)N1C[C@@H](O)C[C@@H]1C(=O)O)[C@H]1CC[C@H]2[C@@H]3[C@@H](O)C[C@@H]4C[C@H](O)CC[C@]4(C)[C@H]3CC[C@]12C. The second-order valence-corrected chi connectivity index (χ2v) is 13.8. The maximum absolute atomic E-state index is 12.9. The summed E-state index contributed by atoms with van der Waals surface area (Å²) in [7, 11) is 0. The van der Waals surface area contributed by atoms with Crippen LogP contribution in [0.2, 0.25) is 0 Å². The Bertz CT molecular complexity index is 865. The van der Waals surface area contributed by atoms with E-state index in [-0.39, 0.29) is 41.9 Å². The highest BCUT2D eigenvalue weighted by Crippen LogP contribution is 2.68. The minimum Gasteiger partial charge on any atom is -0.480 e. The van der Waals surface area contributed by atoms with Crippen molar-refractivity contribution in [2.24, 2.45) is 46.3 Å². The van der Waals surface area contributed by atoms with Crippen molar-refractivity contribution in [1.29, 1.82) is 0 Å². The van der Waals surface area contributed by atoms with Crippen LogP contribution in [0, 0.1) is 46.3 Å². The second kappa shape index (κ2) is 9.53. The highest BCUT2D eigenvalue weighted by Gasteiger charge is 2.62. The minimum absolute atomic E-state index is 0.114. The first-order valence-electron chi connectivity index (χ1n) is 14.5. The van der Waals surface area contributed by atoms with Crippen molar-refractivity contribution in [2.45, 2.75) is 116 Å². The number of hydrogen-bond acceptors (Lipinski definition) is 5. The van der Waals surface area contributed by atoms with Gasteiger partial charge >= 0.3 is 5.97 Å². The Morgan fingerprint density at radius 3 is 2.33 bits per heavy atom. The van der Waals surface area contributed by atoms with Gasteiger partial charge in [-0.1, -0.05) is 20.8 Å². The predicted octanol–water partition coefficient (Wildman–Crippen LogP) is 3.44. The molecule has 1 amide bonds. The summed E-state index contributed by atoms with van der Waals surface area (Å²) in [5.74, 6) is 1.45. The monoisotopic (exact) mass is 505 g/mol. The molecule has 1 saturated heterocycles. The van der Waals surface area contributed by atoms with Gasteiger partial charge in [0.25, 0.3) is 0 Å². The molecule has 36 heavy (non-hydrogen) atoms. The number of rotatable bonds is 5. The molecule has 4 N–H and O–H groups in total. The number of fused-ring (bicyclic) bond motifs is 5. The Morgan fingerprint density at radius 2 is 1.61 bits per heavy atom. The van der Waals surface area contributed by atoms with Gasteiger partial charge < -0.3 is 25.3 Å². The number of carboxylic acid groups (broad SMARTS) is 1. The number of aliphatic hydroxyl groups is 3. The first kappa shape index (κ1) is 26.4. The molecule has 0 unspecified atom stereocenters. The molecule has 0 radical (unpaired) electrons. The van der Waals surface area contributed by atoms with Gasteiger partial charge in [0.05, 0.1) is 18.3 Å². The molecule has 5 rings (SSSR count). The van der Waals surface area contributed by atoms with E-state index in [1.165, 1.54) is 11.3 Å². The number of hydrogen-bond donors (Lipinski definition) is 4. The maximum atomic E-state index is 12.9. The Kier molecular flexibility index (Phi) is 7.00. The molecule has 0 aromatic rings. The Hall–Kier alpha value is -1.18. The summed E-state index contributed by atoms with van der Waals surface area (Å²) in [6, 6.07) is -0.912. The van der Waals surface area contributed by atoms with Crippen LogP contribution in [0.1, 0.15) is 91.4 Å². The van der Waals surface area contributed by atoms with E-state index < -0.39 is 18.1 Å². The van der Waals surface area contributed by atoms with Crippen molar-refractivity contribution in [2.75, 3.05) is 6.54 Å². The molecule has 5 aliphatic rings. The summed E-state index contributed by atoms with van der Waals surface area (Å²) >= 11 is 0. The number of β-amino-alcohol motifs (C(OH)–C–C–N with tert-alkyl or cyclic N) is 1. The van der Waals surface area contributed by atoms with E-state index in [2.05, 4.69) is 20.8 Å².